The fourth-order valence-electron chi connectivity index (χ4n) is 3.00. The largest absolute Gasteiger partial charge is 0.496 e. The van der Waals surface area contributed by atoms with E-state index in [-0.39, 0.29) is 5.91 Å². The molecule has 1 aliphatic rings. The molecule has 2 aromatic heterocycles. The molecule has 0 atom stereocenters. The average molecular weight is 324 g/mol. The molecule has 24 heavy (non-hydrogen) atoms. The van der Waals surface area contributed by atoms with E-state index in [0.29, 0.717) is 29.3 Å². The van der Waals surface area contributed by atoms with Gasteiger partial charge in [-0.05, 0) is 24.1 Å². The number of hydrogen-bond donors (Lipinski definition) is 1. The van der Waals surface area contributed by atoms with Crippen LogP contribution >= 0.6 is 0 Å². The Balaban J connectivity index is 1.89. The monoisotopic (exact) mass is 324 g/mol. The lowest BCUT2D eigenvalue weighted by molar-refractivity contribution is 0.0942. The first-order valence-corrected chi connectivity index (χ1v) is 7.58. The molecule has 4 rings (SSSR count). The maximum absolute atomic E-state index is 12.1. The molecule has 0 saturated heterocycles. The number of hydrogen-bond acceptors (Lipinski definition) is 5. The first-order valence-electron chi connectivity index (χ1n) is 7.58. The van der Waals surface area contributed by atoms with Gasteiger partial charge in [-0.25, -0.2) is 9.50 Å². The molecule has 1 N–H and O–H groups in total. The summed E-state index contributed by atoms with van der Waals surface area (Å²) in [6.07, 6.45) is 4.16. The summed E-state index contributed by atoms with van der Waals surface area (Å²) in [5.41, 5.74) is 4.01. The zero-order chi connectivity index (χ0) is 16.7. The zero-order valence-electron chi connectivity index (χ0n) is 13.4. The predicted molar refractivity (Wildman–Crippen MR) is 87.6 cm³/mol. The van der Waals surface area contributed by atoms with Crippen LogP contribution in [0.3, 0.4) is 0 Å². The summed E-state index contributed by atoms with van der Waals surface area (Å²) in [6, 6.07) is 5.67. The van der Waals surface area contributed by atoms with Crippen molar-refractivity contribution in [2.45, 2.75) is 6.42 Å². The van der Waals surface area contributed by atoms with Crippen molar-refractivity contribution in [3.8, 4) is 22.8 Å². The van der Waals surface area contributed by atoms with Gasteiger partial charge in [0, 0.05) is 18.2 Å². The fraction of sp³-hybridized carbons (Fsp3) is 0.235. The molecule has 7 nitrogen and oxygen atoms in total. The minimum Gasteiger partial charge on any atom is -0.496 e. The second kappa shape index (κ2) is 5.52. The number of nitrogens with one attached hydrogen (secondary N) is 1. The van der Waals surface area contributed by atoms with Gasteiger partial charge in [-0.3, -0.25) is 4.79 Å². The van der Waals surface area contributed by atoms with Crippen LogP contribution in [0.2, 0.25) is 0 Å². The summed E-state index contributed by atoms with van der Waals surface area (Å²) in [7, 11) is 3.16. The van der Waals surface area contributed by atoms with Crippen LogP contribution in [0.25, 0.3) is 16.9 Å². The first-order chi connectivity index (χ1) is 11.7. The van der Waals surface area contributed by atoms with Gasteiger partial charge in [0.05, 0.1) is 37.9 Å². The van der Waals surface area contributed by atoms with E-state index >= 15 is 0 Å². The molecule has 7 heteroatoms. The molecular weight excluding hydrogens is 308 g/mol. The van der Waals surface area contributed by atoms with E-state index in [9.17, 15) is 4.79 Å². The smallest absolute Gasteiger partial charge is 0.255 e. The molecule has 3 aromatic rings. The Labute approximate surface area is 138 Å². The van der Waals surface area contributed by atoms with Crippen molar-refractivity contribution in [3.05, 3.63) is 41.7 Å². The zero-order valence-corrected chi connectivity index (χ0v) is 13.4. The maximum atomic E-state index is 12.1. The average Bonchev–Trinajstić information content (AvgIpc) is 3.04. The molecule has 0 unspecified atom stereocenters. The van der Waals surface area contributed by atoms with Gasteiger partial charge in [0.25, 0.3) is 5.91 Å². The number of carbonyl (C=O) groups excluding carboxylic acids is 1. The van der Waals surface area contributed by atoms with Crippen LogP contribution in [-0.4, -0.2) is 41.3 Å². The van der Waals surface area contributed by atoms with Crippen LogP contribution in [0, 0.1) is 0 Å². The van der Waals surface area contributed by atoms with Gasteiger partial charge in [0.15, 0.2) is 5.65 Å². The van der Waals surface area contributed by atoms with Gasteiger partial charge in [0.2, 0.25) is 0 Å². The molecule has 122 valence electrons. The number of nitrogens with zero attached hydrogens (tertiary/aromatic N) is 3. The Morgan fingerprint density at radius 3 is 2.83 bits per heavy atom. The van der Waals surface area contributed by atoms with Gasteiger partial charge in [-0.2, -0.15) is 5.10 Å². The number of fused-ring (bicyclic) bond motifs is 2. The molecular formula is C17H16N4O3. The summed E-state index contributed by atoms with van der Waals surface area (Å²) in [4.78, 5) is 16.5. The Hall–Kier alpha value is -3.09. The second-order valence-corrected chi connectivity index (χ2v) is 5.53. The van der Waals surface area contributed by atoms with E-state index in [1.54, 1.807) is 31.1 Å². The maximum Gasteiger partial charge on any atom is 0.255 e. The van der Waals surface area contributed by atoms with Crippen LogP contribution in [-0.2, 0) is 6.42 Å². The summed E-state index contributed by atoms with van der Waals surface area (Å²) in [5, 5.41) is 7.23. The van der Waals surface area contributed by atoms with Crippen LogP contribution in [0.1, 0.15) is 15.9 Å². The van der Waals surface area contributed by atoms with Gasteiger partial charge < -0.3 is 14.8 Å². The van der Waals surface area contributed by atoms with Crippen molar-refractivity contribution in [1.29, 1.82) is 0 Å². The summed E-state index contributed by atoms with van der Waals surface area (Å²) in [5.74, 6) is 1.11. The Bertz CT molecular complexity index is 931. The van der Waals surface area contributed by atoms with Gasteiger partial charge >= 0.3 is 0 Å². The van der Waals surface area contributed by atoms with E-state index in [2.05, 4.69) is 15.4 Å². The van der Waals surface area contributed by atoms with E-state index in [0.717, 1.165) is 23.2 Å². The van der Waals surface area contributed by atoms with Crippen molar-refractivity contribution in [3.63, 3.8) is 0 Å². The Morgan fingerprint density at radius 1 is 1.17 bits per heavy atom. The van der Waals surface area contributed by atoms with E-state index in [4.69, 9.17) is 9.47 Å². The third-order valence-electron chi connectivity index (χ3n) is 4.18. The topological polar surface area (TPSA) is 77.8 Å². The molecule has 3 heterocycles. The molecule has 0 bridgehead atoms. The summed E-state index contributed by atoms with van der Waals surface area (Å²) >= 11 is 0. The Kier molecular flexibility index (Phi) is 3.34. The van der Waals surface area contributed by atoms with Gasteiger partial charge in [-0.1, -0.05) is 0 Å². The van der Waals surface area contributed by atoms with Crippen molar-refractivity contribution in [1.82, 2.24) is 19.9 Å². The lowest BCUT2D eigenvalue weighted by Crippen LogP contribution is -2.32. The number of amides is 1. The van der Waals surface area contributed by atoms with E-state index in [1.165, 1.54) is 0 Å². The highest BCUT2D eigenvalue weighted by Crippen LogP contribution is 2.32. The second-order valence-electron chi connectivity index (χ2n) is 5.53. The molecule has 1 aromatic carbocycles. The fourth-order valence-corrected chi connectivity index (χ4v) is 3.00. The third kappa shape index (κ3) is 2.17. The van der Waals surface area contributed by atoms with Crippen LogP contribution < -0.4 is 14.8 Å². The van der Waals surface area contributed by atoms with Crippen molar-refractivity contribution >= 4 is 11.6 Å². The van der Waals surface area contributed by atoms with E-state index in [1.807, 2.05) is 18.2 Å². The van der Waals surface area contributed by atoms with Crippen LogP contribution in [0.5, 0.6) is 11.5 Å². The molecule has 0 radical (unpaired) electrons. The SMILES string of the molecule is COc1cnn2c(-c3cc4c(c(OC)c3)C(=O)NCC4)cnc2c1. The molecule has 0 saturated carbocycles. The summed E-state index contributed by atoms with van der Waals surface area (Å²) in [6.45, 7) is 0.626. The number of imidazole rings is 1. The van der Waals surface area contributed by atoms with E-state index < -0.39 is 0 Å². The molecule has 1 aliphatic heterocycles. The predicted octanol–water partition coefficient (Wildman–Crippen LogP) is 1.70. The third-order valence-corrected chi connectivity index (χ3v) is 4.18. The highest BCUT2D eigenvalue weighted by Gasteiger charge is 2.23. The summed E-state index contributed by atoms with van der Waals surface area (Å²) < 4.78 is 12.4. The molecule has 1 amide bonds. The number of benzene rings is 1. The van der Waals surface area contributed by atoms with Gasteiger partial charge in [-0.15, -0.1) is 0 Å². The normalized spacial score (nSPS) is 13.5. The molecule has 0 spiro atoms. The minimum absolute atomic E-state index is 0.0966. The first kappa shape index (κ1) is 14.5. The van der Waals surface area contributed by atoms with Gasteiger partial charge in [0.1, 0.15) is 11.5 Å². The number of aromatic nitrogens is 3. The van der Waals surface area contributed by atoms with Crippen LogP contribution in [0.15, 0.2) is 30.6 Å². The highest BCUT2D eigenvalue weighted by atomic mass is 16.5. The molecule has 0 fully saturated rings. The number of methoxy groups -OCH3 is 2. The Morgan fingerprint density at radius 2 is 2.04 bits per heavy atom. The van der Waals surface area contributed by atoms with Crippen molar-refractivity contribution in [2.24, 2.45) is 0 Å². The number of carbonyl (C=O) groups is 1. The standard InChI is InChI=1S/C17H16N4O3/c1-23-12-7-15-19-9-13(21(15)20-8-12)11-5-10-3-4-18-17(22)16(10)14(6-11)24-2/h5-9H,3-4H2,1-2H3,(H,18,22). The van der Waals surface area contributed by atoms with Crippen molar-refractivity contribution < 1.29 is 14.3 Å². The number of ether oxygens (including phenoxy) is 2. The lowest BCUT2D eigenvalue weighted by atomic mass is 9.95. The lowest BCUT2D eigenvalue weighted by Gasteiger charge is -2.20. The quantitative estimate of drug-likeness (QED) is 0.793. The van der Waals surface area contributed by atoms with Crippen molar-refractivity contribution in [2.75, 3.05) is 20.8 Å². The number of rotatable bonds is 3. The van der Waals surface area contributed by atoms with Crippen LogP contribution in [0.4, 0.5) is 0 Å². The molecule has 0 aliphatic carbocycles. The minimum atomic E-state index is -0.0966. The highest BCUT2D eigenvalue weighted by molar-refractivity contribution is 6.00.